The molecule has 1 aromatic heterocycles. The fourth-order valence-electron chi connectivity index (χ4n) is 2.47. The number of carbonyl (C=O) groups is 1. The monoisotopic (exact) mass is 303 g/mol. The third-order valence-electron chi connectivity index (χ3n) is 3.66. The first kappa shape index (κ1) is 14.1. The molecule has 2 atom stereocenters. The molecule has 2 heterocycles. The SMILES string of the molecule is CC1(C)Oc2ccsc2C(NC(=O)c2ccccc2)C1O. The summed E-state index contributed by atoms with van der Waals surface area (Å²) < 4.78 is 5.80. The minimum absolute atomic E-state index is 0.197. The first-order valence-corrected chi connectivity index (χ1v) is 7.67. The number of hydrogen-bond donors (Lipinski definition) is 2. The van der Waals surface area contributed by atoms with E-state index in [1.54, 1.807) is 12.1 Å². The van der Waals surface area contributed by atoms with Gasteiger partial charge in [-0.15, -0.1) is 11.3 Å². The van der Waals surface area contributed by atoms with E-state index in [9.17, 15) is 9.90 Å². The molecule has 0 radical (unpaired) electrons. The standard InChI is InChI=1S/C16H17NO3S/c1-16(2)14(18)12(13-11(20-16)8-9-21-13)17-15(19)10-6-4-3-5-7-10/h3-9,12,14,18H,1-2H3,(H,17,19). The summed E-state index contributed by atoms with van der Waals surface area (Å²) in [6.45, 7) is 3.64. The number of thiophene rings is 1. The quantitative estimate of drug-likeness (QED) is 0.897. The average molecular weight is 303 g/mol. The largest absolute Gasteiger partial charge is 0.484 e. The summed E-state index contributed by atoms with van der Waals surface area (Å²) in [7, 11) is 0. The maximum atomic E-state index is 12.3. The molecule has 0 aliphatic carbocycles. The van der Waals surface area contributed by atoms with Crippen molar-refractivity contribution in [3.05, 3.63) is 52.2 Å². The first-order chi connectivity index (χ1) is 9.99. The van der Waals surface area contributed by atoms with Crippen molar-refractivity contribution in [2.75, 3.05) is 0 Å². The summed E-state index contributed by atoms with van der Waals surface area (Å²) >= 11 is 1.48. The minimum Gasteiger partial charge on any atom is -0.484 e. The van der Waals surface area contributed by atoms with Gasteiger partial charge in [0.2, 0.25) is 0 Å². The van der Waals surface area contributed by atoms with E-state index >= 15 is 0 Å². The molecule has 21 heavy (non-hydrogen) atoms. The fourth-order valence-corrected chi connectivity index (χ4v) is 3.37. The van der Waals surface area contributed by atoms with E-state index in [4.69, 9.17) is 4.74 Å². The van der Waals surface area contributed by atoms with Crippen LogP contribution in [0, 0.1) is 0 Å². The second kappa shape index (κ2) is 5.16. The normalized spacial score (nSPS) is 23.0. The van der Waals surface area contributed by atoms with Gasteiger partial charge in [0.1, 0.15) is 17.5 Å². The van der Waals surface area contributed by atoms with E-state index in [0.29, 0.717) is 5.56 Å². The molecule has 0 fully saturated rings. The lowest BCUT2D eigenvalue weighted by Crippen LogP contribution is -2.53. The Balaban J connectivity index is 1.89. The van der Waals surface area contributed by atoms with Crippen LogP contribution in [-0.4, -0.2) is 22.7 Å². The van der Waals surface area contributed by atoms with E-state index in [1.807, 2.05) is 43.5 Å². The molecule has 2 unspecified atom stereocenters. The Hall–Kier alpha value is -1.85. The van der Waals surface area contributed by atoms with Gasteiger partial charge in [0.05, 0.1) is 10.9 Å². The van der Waals surface area contributed by atoms with Crippen molar-refractivity contribution in [3.8, 4) is 5.75 Å². The molecule has 3 rings (SSSR count). The molecular weight excluding hydrogens is 286 g/mol. The molecule has 0 saturated carbocycles. The van der Waals surface area contributed by atoms with Crippen molar-refractivity contribution in [3.63, 3.8) is 0 Å². The van der Waals surface area contributed by atoms with Crippen LogP contribution < -0.4 is 10.1 Å². The van der Waals surface area contributed by atoms with Crippen LogP contribution in [-0.2, 0) is 0 Å². The topological polar surface area (TPSA) is 58.6 Å². The minimum atomic E-state index is -0.809. The summed E-state index contributed by atoms with van der Waals surface area (Å²) in [5.41, 5.74) is -0.171. The number of nitrogens with one attached hydrogen (secondary N) is 1. The van der Waals surface area contributed by atoms with Gasteiger partial charge in [-0.25, -0.2) is 0 Å². The van der Waals surface area contributed by atoms with Gasteiger partial charge in [-0.2, -0.15) is 0 Å². The number of amides is 1. The average Bonchev–Trinajstić information content (AvgIpc) is 2.91. The zero-order valence-electron chi connectivity index (χ0n) is 11.9. The molecule has 0 saturated heterocycles. The summed E-state index contributed by atoms with van der Waals surface area (Å²) in [5.74, 6) is 0.533. The van der Waals surface area contributed by atoms with Crippen LogP contribution >= 0.6 is 11.3 Å². The number of hydrogen-bond acceptors (Lipinski definition) is 4. The molecular formula is C16H17NO3S. The molecule has 1 amide bonds. The van der Waals surface area contributed by atoms with Gasteiger partial charge in [0.25, 0.3) is 5.91 Å². The van der Waals surface area contributed by atoms with Crippen LogP contribution in [0.15, 0.2) is 41.8 Å². The van der Waals surface area contributed by atoms with Crippen LogP contribution in [0.1, 0.15) is 35.1 Å². The lowest BCUT2D eigenvalue weighted by Gasteiger charge is -2.40. The maximum Gasteiger partial charge on any atom is 0.251 e. The number of aliphatic hydroxyl groups is 1. The second-order valence-electron chi connectivity index (χ2n) is 5.62. The number of fused-ring (bicyclic) bond motifs is 1. The van der Waals surface area contributed by atoms with Crippen LogP contribution in [0.4, 0.5) is 0 Å². The van der Waals surface area contributed by atoms with Crippen molar-refractivity contribution >= 4 is 17.2 Å². The van der Waals surface area contributed by atoms with Crippen LogP contribution in [0.25, 0.3) is 0 Å². The number of ether oxygens (including phenoxy) is 1. The number of aliphatic hydroxyl groups excluding tert-OH is 1. The predicted octanol–water partition coefficient (Wildman–Crippen LogP) is 2.75. The zero-order chi connectivity index (χ0) is 15.0. The predicted molar refractivity (Wildman–Crippen MR) is 81.7 cm³/mol. The summed E-state index contributed by atoms with van der Waals surface area (Å²) in [5, 5.41) is 15.4. The fraction of sp³-hybridized carbons (Fsp3) is 0.312. The van der Waals surface area contributed by atoms with Gasteiger partial charge in [-0.05, 0) is 37.4 Å². The molecule has 1 aromatic carbocycles. The van der Waals surface area contributed by atoms with E-state index in [-0.39, 0.29) is 5.91 Å². The first-order valence-electron chi connectivity index (χ1n) is 6.79. The lowest BCUT2D eigenvalue weighted by molar-refractivity contribution is -0.0611. The van der Waals surface area contributed by atoms with Gasteiger partial charge in [0, 0.05) is 5.56 Å². The summed E-state index contributed by atoms with van der Waals surface area (Å²) in [4.78, 5) is 13.2. The molecule has 0 spiro atoms. The van der Waals surface area contributed by atoms with Gasteiger partial charge < -0.3 is 15.2 Å². The molecule has 0 bridgehead atoms. The van der Waals surface area contributed by atoms with Gasteiger partial charge >= 0.3 is 0 Å². The highest BCUT2D eigenvalue weighted by Gasteiger charge is 2.44. The molecule has 110 valence electrons. The van der Waals surface area contributed by atoms with E-state index < -0.39 is 17.7 Å². The number of rotatable bonds is 2. The van der Waals surface area contributed by atoms with E-state index in [0.717, 1.165) is 10.6 Å². The smallest absolute Gasteiger partial charge is 0.251 e. The van der Waals surface area contributed by atoms with Crippen molar-refractivity contribution in [1.82, 2.24) is 5.32 Å². The Morgan fingerprint density at radius 1 is 1.29 bits per heavy atom. The maximum absolute atomic E-state index is 12.3. The second-order valence-corrected chi connectivity index (χ2v) is 6.56. The van der Waals surface area contributed by atoms with Crippen molar-refractivity contribution in [1.29, 1.82) is 0 Å². The third-order valence-corrected chi connectivity index (χ3v) is 4.64. The highest BCUT2D eigenvalue weighted by atomic mass is 32.1. The van der Waals surface area contributed by atoms with Crippen LogP contribution in [0.3, 0.4) is 0 Å². The van der Waals surface area contributed by atoms with Crippen LogP contribution in [0.2, 0.25) is 0 Å². The van der Waals surface area contributed by atoms with Crippen LogP contribution in [0.5, 0.6) is 5.75 Å². The molecule has 2 N–H and O–H groups in total. The van der Waals surface area contributed by atoms with Crippen molar-refractivity contribution in [2.45, 2.75) is 31.6 Å². The van der Waals surface area contributed by atoms with E-state index in [2.05, 4.69) is 5.32 Å². The Labute approximate surface area is 127 Å². The molecule has 5 heteroatoms. The van der Waals surface area contributed by atoms with E-state index in [1.165, 1.54) is 11.3 Å². The number of benzene rings is 1. The molecule has 1 aliphatic rings. The Morgan fingerprint density at radius 3 is 2.71 bits per heavy atom. The zero-order valence-corrected chi connectivity index (χ0v) is 12.7. The lowest BCUT2D eigenvalue weighted by atomic mass is 9.90. The van der Waals surface area contributed by atoms with Gasteiger partial charge in [0.15, 0.2) is 0 Å². The third kappa shape index (κ3) is 2.54. The van der Waals surface area contributed by atoms with Crippen molar-refractivity contribution in [2.24, 2.45) is 0 Å². The molecule has 1 aliphatic heterocycles. The van der Waals surface area contributed by atoms with Crippen molar-refractivity contribution < 1.29 is 14.6 Å². The Morgan fingerprint density at radius 2 is 2.00 bits per heavy atom. The molecule has 2 aromatic rings. The highest BCUT2D eigenvalue weighted by molar-refractivity contribution is 7.10. The number of carbonyl (C=O) groups excluding carboxylic acids is 1. The van der Waals surface area contributed by atoms with Gasteiger partial charge in [-0.1, -0.05) is 18.2 Å². The highest BCUT2D eigenvalue weighted by Crippen LogP contribution is 2.42. The summed E-state index contributed by atoms with van der Waals surface area (Å²) in [6.07, 6.45) is -0.809. The van der Waals surface area contributed by atoms with Gasteiger partial charge in [-0.3, -0.25) is 4.79 Å². The Bertz CT molecular complexity index is 651. The summed E-state index contributed by atoms with van der Waals surface area (Å²) in [6, 6.07) is 10.4. The Kier molecular flexibility index (Phi) is 3.47. The molecule has 4 nitrogen and oxygen atoms in total.